The van der Waals surface area contributed by atoms with Gasteiger partial charge in [0.1, 0.15) is 0 Å². The molecule has 0 amide bonds. The van der Waals surface area contributed by atoms with Gasteiger partial charge in [0.15, 0.2) is 0 Å². The van der Waals surface area contributed by atoms with Crippen molar-refractivity contribution in [2.45, 2.75) is 20.0 Å². The lowest BCUT2D eigenvalue weighted by molar-refractivity contribution is 0.660. The number of nitrogens with one attached hydrogen (secondary N) is 1. The highest BCUT2D eigenvalue weighted by Crippen LogP contribution is 2.18. The zero-order valence-electron chi connectivity index (χ0n) is 10.1. The molecule has 0 fully saturated rings. The van der Waals surface area contributed by atoms with Crippen LogP contribution in [0.15, 0.2) is 34.9 Å². The largest absolute Gasteiger partial charge is 0.316 e. The molecular formula is C13H16BrN3. The first-order valence-corrected chi connectivity index (χ1v) is 6.41. The predicted molar refractivity (Wildman–Crippen MR) is 73.0 cm³/mol. The van der Waals surface area contributed by atoms with E-state index in [1.54, 1.807) is 0 Å². The van der Waals surface area contributed by atoms with Gasteiger partial charge >= 0.3 is 0 Å². The van der Waals surface area contributed by atoms with Gasteiger partial charge in [0, 0.05) is 22.3 Å². The van der Waals surface area contributed by atoms with Gasteiger partial charge in [-0.1, -0.05) is 34.1 Å². The van der Waals surface area contributed by atoms with E-state index in [0.717, 1.165) is 17.6 Å². The number of hydrogen-bond acceptors (Lipinski definition) is 2. The van der Waals surface area contributed by atoms with Crippen molar-refractivity contribution in [2.24, 2.45) is 0 Å². The molecule has 0 spiro atoms. The second-order valence-corrected chi connectivity index (χ2v) is 4.89. The fraction of sp³-hybridized carbons (Fsp3) is 0.308. The van der Waals surface area contributed by atoms with Crippen LogP contribution in [0.2, 0.25) is 0 Å². The van der Waals surface area contributed by atoms with Gasteiger partial charge in [-0.3, -0.25) is 4.68 Å². The summed E-state index contributed by atoms with van der Waals surface area (Å²) in [7, 11) is 1.95. The average Bonchev–Trinajstić information content (AvgIpc) is 2.65. The molecule has 2 rings (SSSR count). The SMILES string of the molecule is CNCc1cnn(Cc2ccccc2Br)c1C. The molecule has 0 bridgehead atoms. The van der Waals surface area contributed by atoms with E-state index in [-0.39, 0.29) is 0 Å². The Morgan fingerprint density at radius 1 is 1.29 bits per heavy atom. The monoisotopic (exact) mass is 293 g/mol. The molecule has 17 heavy (non-hydrogen) atoms. The van der Waals surface area contributed by atoms with Crippen LogP contribution < -0.4 is 5.32 Å². The summed E-state index contributed by atoms with van der Waals surface area (Å²) in [6.07, 6.45) is 1.93. The van der Waals surface area contributed by atoms with Crippen molar-refractivity contribution in [1.29, 1.82) is 0 Å². The van der Waals surface area contributed by atoms with E-state index >= 15 is 0 Å². The maximum atomic E-state index is 4.43. The molecule has 4 heteroatoms. The summed E-state index contributed by atoms with van der Waals surface area (Å²) in [5.74, 6) is 0. The Bertz CT molecular complexity index is 505. The molecule has 1 N–H and O–H groups in total. The standard InChI is InChI=1S/C13H16BrN3/c1-10-12(7-15-2)8-16-17(10)9-11-5-3-4-6-13(11)14/h3-6,8,15H,7,9H2,1-2H3. The Balaban J connectivity index is 2.22. The first-order valence-electron chi connectivity index (χ1n) is 5.61. The third-order valence-corrected chi connectivity index (χ3v) is 3.62. The van der Waals surface area contributed by atoms with E-state index in [1.165, 1.54) is 16.8 Å². The molecule has 0 aliphatic carbocycles. The molecular weight excluding hydrogens is 278 g/mol. The lowest BCUT2D eigenvalue weighted by Gasteiger charge is -2.07. The van der Waals surface area contributed by atoms with E-state index < -0.39 is 0 Å². The minimum atomic E-state index is 0.803. The average molecular weight is 294 g/mol. The van der Waals surface area contributed by atoms with Crippen molar-refractivity contribution in [3.05, 3.63) is 51.8 Å². The number of benzene rings is 1. The second-order valence-electron chi connectivity index (χ2n) is 4.03. The van der Waals surface area contributed by atoms with Gasteiger partial charge < -0.3 is 5.32 Å². The first-order chi connectivity index (χ1) is 8.22. The van der Waals surface area contributed by atoms with Crippen molar-refractivity contribution in [3.8, 4) is 0 Å². The van der Waals surface area contributed by atoms with Crippen molar-refractivity contribution >= 4 is 15.9 Å². The second kappa shape index (κ2) is 5.47. The predicted octanol–water partition coefficient (Wildman–Crippen LogP) is 2.72. The fourth-order valence-corrected chi connectivity index (χ4v) is 2.21. The Morgan fingerprint density at radius 2 is 2.06 bits per heavy atom. The zero-order valence-corrected chi connectivity index (χ0v) is 11.7. The van der Waals surface area contributed by atoms with Crippen LogP contribution in [0.3, 0.4) is 0 Å². The minimum Gasteiger partial charge on any atom is -0.316 e. The van der Waals surface area contributed by atoms with Crippen LogP contribution in [0.1, 0.15) is 16.8 Å². The highest BCUT2D eigenvalue weighted by molar-refractivity contribution is 9.10. The van der Waals surface area contributed by atoms with E-state index in [1.807, 2.05) is 30.1 Å². The molecule has 0 saturated heterocycles. The van der Waals surface area contributed by atoms with Crippen LogP contribution in [0, 0.1) is 6.92 Å². The van der Waals surface area contributed by atoms with Gasteiger partial charge in [-0.05, 0) is 25.6 Å². The lowest BCUT2D eigenvalue weighted by Crippen LogP contribution is -2.08. The topological polar surface area (TPSA) is 29.9 Å². The summed E-state index contributed by atoms with van der Waals surface area (Å²) in [5, 5.41) is 7.58. The number of aromatic nitrogens is 2. The van der Waals surface area contributed by atoms with Crippen LogP contribution in [-0.4, -0.2) is 16.8 Å². The molecule has 0 radical (unpaired) electrons. The molecule has 0 atom stereocenters. The summed E-state index contributed by atoms with van der Waals surface area (Å²) in [5.41, 5.74) is 3.71. The quantitative estimate of drug-likeness (QED) is 0.939. The van der Waals surface area contributed by atoms with Crippen LogP contribution in [0.5, 0.6) is 0 Å². The zero-order chi connectivity index (χ0) is 12.3. The Morgan fingerprint density at radius 3 is 2.76 bits per heavy atom. The van der Waals surface area contributed by atoms with Crippen molar-refractivity contribution in [3.63, 3.8) is 0 Å². The molecule has 0 unspecified atom stereocenters. The van der Waals surface area contributed by atoms with Crippen LogP contribution in [0.4, 0.5) is 0 Å². The normalized spacial score (nSPS) is 10.8. The van der Waals surface area contributed by atoms with Gasteiger partial charge in [0.2, 0.25) is 0 Å². The highest BCUT2D eigenvalue weighted by Gasteiger charge is 2.07. The maximum Gasteiger partial charge on any atom is 0.0673 e. The van der Waals surface area contributed by atoms with Crippen LogP contribution in [-0.2, 0) is 13.1 Å². The van der Waals surface area contributed by atoms with Crippen molar-refractivity contribution in [1.82, 2.24) is 15.1 Å². The molecule has 0 aliphatic rings. The van der Waals surface area contributed by atoms with Gasteiger partial charge in [0.05, 0.1) is 12.7 Å². The molecule has 90 valence electrons. The smallest absolute Gasteiger partial charge is 0.0673 e. The molecule has 2 aromatic rings. The summed E-state index contributed by atoms with van der Waals surface area (Å²) in [6, 6.07) is 8.25. The van der Waals surface area contributed by atoms with Crippen molar-refractivity contribution < 1.29 is 0 Å². The summed E-state index contributed by atoms with van der Waals surface area (Å²) < 4.78 is 3.16. The third-order valence-electron chi connectivity index (χ3n) is 2.85. The number of halogens is 1. The molecule has 1 aromatic carbocycles. The van der Waals surface area contributed by atoms with E-state index in [4.69, 9.17) is 0 Å². The van der Waals surface area contributed by atoms with E-state index in [0.29, 0.717) is 0 Å². The number of hydrogen-bond donors (Lipinski definition) is 1. The summed E-state index contributed by atoms with van der Waals surface area (Å²) in [4.78, 5) is 0. The summed E-state index contributed by atoms with van der Waals surface area (Å²) in [6.45, 7) is 3.77. The highest BCUT2D eigenvalue weighted by atomic mass is 79.9. The maximum absolute atomic E-state index is 4.43. The first kappa shape index (κ1) is 12.3. The fourth-order valence-electron chi connectivity index (χ4n) is 1.80. The van der Waals surface area contributed by atoms with Gasteiger partial charge in [-0.25, -0.2) is 0 Å². The van der Waals surface area contributed by atoms with Crippen LogP contribution in [0.25, 0.3) is 0 Å². The Labute approximate surface area is 110 Å². The van der Waals surface area contributed by atoms with Gasteiger partial charge in [0.25, 0.3) is 0 Å². The van der Waals surface area contributed by atoms with Crippen LogP contribution >= 0.6 is 15.9 Å². The molecule has 3 nitrogen and oxygen atoms in total. The van der Waals surface area contributed by atoms with E-state index in [2.05, 4.69) is 45.4 Å². The Hall–Kier alpha value is -1.13. The third kappa shape index (κ3) is 2.76. The molecule has 0 aliphatic heterocycles. The van der Waals surface area contributed by atoms with Gasteiger partial charge in [-0.15, -0.1) is 0 Å². The summed E-state index contributed by atoms with van der Waals surface area (Å²) >= 11 is 3.56. The lowest BCUT2D eigenvalue weighted by atomic mass is 10.2. The number of rotatable bonds is 4. The number of nitrogens with zero attached hydrogens (tertiary/aromatic N) is 2. The molecule has 1 aromatic heterocycles. The minimum absolute atomic E-state index is 0.803. The van der Waals surface area contributed by atoms with Gasteiger partial charge in [-0.2, -0.15) is 5.10 Å². The molecule has 1 heterocycles. The van der Waals surface area contributed by atoms with Crippen molar-refractivity contribution in [2.75, 3.05) is 7.05 Å². The van der Waals surface area contributed by atoms with E-state index in [9.17, 15) is 0 Å². The molecule has 0 saturated carbocycles. The Kier molecular flexibility index (Phi) is 3.97.